The van der Waals surface area contributed by atoms with Gasteiger partial charge in [0.25, 0.3) is 0 Å². The number of hydrogen-bond donors (Lipinski definition) is 0. The lowest BCUT2D eigenvalue weighted by atomic mass is 10.1. The summed E-state index contributed by atoms with van der Waals surface area (Å²) in [5.41, 5.74) is -0.188. The molecule has 0 aliphatic heterocycles. The standard InChI is InChI=1S/C11H10F2OS/c1-2-5-15-7-11(14)9-6-8(12)3-4-10(9)13/h2-4,6H,1,5,7H2. The first-order chi connectivity index (χ1) is 7.15. The zero-order chi connectivity index (χ0) is 11.3. The number of ketones is 1. The van der Waals surface area contributed by atoms with Crippen molar-refractivity contribution in [1.82, 2.24) is 0 Å². The number of carbonyl (C=O) groups is 1. The van der Waals surface area contributed by atoms with E-state index in [4.69, 9.17) is 0 Å². The van der Waals surface area contributed by atoms with Crippen LogP contribution < -0.4 is 0 Å². The third kappa shape index (κ3) is 3.47. The molecule has 4 heteroatoms. The van der Waals surface area contributed by atoms with Gasteiger partial charge in [-0.05, 0) is 18.2 Å². The fourth-order valence-electron chi connectivity index (χ4n) is 1.02. The molecule has 1 rings (SSSR count). The molecule has 0 saturated heterocycles. The minimum absolute atomic E-state index is 0.131. The minimum atomic E-state index is -0.680. The maximum absolute atomic E-state index is 13.1. The summed E-state index contributed by atoms with van der Waals surface area (Å²) in [4.78, 5) is 11.4. The molecule has 0 radical (unpaired) electrons. The molecule has 0 heterocycles. The molecule has 0 fully saturated rings. The van der Waals surface area contributed by atoms with Gasteiger partial charge in [-0.2, -0.15) is 0 Å². The number of carbonyl (C=O) groups excluding carboxylic acids is 1. The molecule has 1 nitrogen and oxygen atoms in total. The van der Waals surface area contributed by atoms with E-state index in [0.29, 0.717) is 5.75 Å². The Morgan fingerprint density at radius 2 is 2.20 bits per heavy atom. The predicted octanol–water partition coefficient (Wildman–Crippen LogP) is 3.07. The van der Waals surface area contributed by atoms with E-state index in [2.05, 4.69) is 6.58 Å². The van der Waals surface area contributed by atoms with Gasteiger partial charge in [-0.15, -0.1) is 18.3 Å². The maximum atomic E-state index is 13.1. The van der Waals surface area contributed by atoms with Crippen LogP contribution in [-0.4, -0.2) is 17.3 Å². The van der Waals surface area contributed by atoms with Crippen molar-refractivity contribution >= 4 is 17.5 Å². The molecule has 0 N–H and O–H groups in total. The van der Waals surface area contributed by atoms with Gasteiger partial charge in [0.2, 0.25) is 0 Å². The summed E-state index contributed by atoms with van der Waals surface area (Å²) < 4.78 is 25.9. The summed E-state index contributed by atoms with van der Waals surface area (Å²) in [7, 11) is 0. The van der Waals surface area contributed by atoms with Crippen molar-refractivity contribution in [1.29, 1.82) is 0 Å². The lowest BCUT2D eigenvalue weighted by Gasteiger charge is -2.01. The summed E-state index contributed by atoms with van der Waals surface area (Å²) in [6.07, 6.45) is 1.65. The minimum Gasteiger partial charge on any atom is -0.293 e. The Balaban J connectivity index is 2.72. The molecule has 0 aliphatic rings. The van der Waals surface area contributed by atoms with Gasteiger partial charge < -0.3 is 0 Å². The Morgan fingerprint density at radius 3 is 2.87 bits per heavy atom. The van der Waals surface area contributed by atoms with Crippen LogP contribution >= 0.6 is 11.8 Å². The van der Waals surface area contributed by atoms with Gasteiger partial charge >= 0.3 is 0 Å². The zero-order valence-electron chi connectivity index (χ0n) is 8.00. The van der Waals surface area contributed by atoms with E-state index in [1.54, 1.807) is 6.08 Å². The van der Waals surface area contributed by atoms with Crippen LogP contribution in [-0.2, 0) is 0 Å². The molecule has 0 atom stereocenters. The summed E-state index contributed by atoms with van der Waals surface area (Å²) in [5, 5.41) is 0. The van der Waals surface area contributed by atoms with Gasteiger partial charge in [-0.25, -0.2) is 8.78 Å². The Bertz CT molecular complexity index is 377. The largest absolute Gasteiger partial charge is 0.293 e. The van der Waals surface area contributed by atoms with E-state index < -0.39 is 17.4 Å². The molecule has 1 aromatic rings. The first-order valence-corrected chi connectivity index (χ1v) is 5.47. The van der Waals surface area contributed by atoms with Crippen molar-refractivity contribution in [2.45, 2.75) is 0 Å². The molecule has 80 valence electrons. The van der Waals surface area contributed by atoms with Crippen molar-refractivity contribution in [3.8, 4) is 0 Å². The van der Waals surface area contributed by atoms with Crippen LogP contribution in [0.25, 0.3) is 0 Å². The summed E-state index contributed by atoms with van der Waals surface area (Å²) >= 11 is 1.31. The Labute approximate surface area is 91.2 Å². The molecule has 0 aliphatic carbocycles. The highest BCUT2D eigenvalue weighted by Crippen LogP contribution is 2.13. The SMILES string of the molecule is C=CCSCC(=O)c1cc(F)ccc1F. The quantitative estimate of drug-likeness (QED) is 0.437. The van der Waals surface area contributed by atoms with E-state index in [9.17, 15) is 13.6 Å². The first-order valence-electron chi connectivity index (χ1n) is 4.32. The molecule has 0 bridgehead atoms. The molecule has 1 aromatic carbocycles. The molecular weight excluding hydrogens is 218 g/mol. The summed E-state index contributed by atoms with van der Waals surface area (Å²) in [6, 6.07) is 2.87. The molecule has 0 saturated carbocycles. The smallest absolute Gasteiger partial charge is 0.175 e. The van der Waals surface area contributed by atoms with Crippen LogP contribution in [0.1, 0.15) is 10.4 Å². The van der Waals surface area contributed by atoms with Gasteiger partial charge in [-0.3, -0.25) is 4.79 Å². The second kappa shape index (κ2) is 5.66. The van der Waals surface area contributed by atoms with E-state index in [0.717, 1.165) is 18.2 Å². The normalized spacial score (nSPS) is 10.0. The van der Waals surface area contributed by atoms with E-state index in [1.165, 1.54) is 11.8 Å². The molecule has 0 spiro atoms. The van der Waals surface area contributed by atoms with Crippen molar-refractivity contribution < 1.29 is 13.6 Å². The van der Waals surface area contributed by atoms with Crippen LogP contribution in [0.4, 0.5) is 8.78 Å². The van der Waals surface area contributed by atoms with Crippen molar-refractivity contribution in [3.05, 3.63) is 48.1 Å². The van der Waals surface area contributed by atoms with Gasteiger partial charge in [0.1, 0.15) is 11.6 Å². The predicted molar refractivity (Wildman–Crippen MR) is 58.2 cm³/mol. The lowest BCUT2D eigenvalue weighted by molar-refractivity contribution is 0.101. The van der Waals surface area contributed by atoms with E-state index >= 15 is 0 Å². The fraction of sp³-hybridized carbons (Fsp3) is 0.182. The lowest BCUT2D eigenvalue weighted by Crippen LogP contribution is -2.06. The van der Waals surface area contributed by atoms with Gasteiger partial charge in [0, 0.05) is 5.75 Å². The van der Waals surface area contributed by atoms with Crippen LogP contribution in [0, 0.1) is 11.6 Å². The fourth-order valence-corrected chi connectivity index (χ4v) is 1.65. The van der Waals surface area contributed by atoms with Crippen molar-refractivity contribution in [2.75, 3.05) is 11.5 Å². The molecular formula is C11H10F2OS. The third-order valence-corrected chi connectivity index (χ3v) is 2.64. The molecule has 15 heavy (non-hydrogen) atoms. The Hall–Kier alpha value is -1.16. The summed E-state index contributed by atoms with van der Waals surface area (Å²) in [6.45, 7) is 3.50. The summed E-state index contributed by atoms with van der Waals surface area (Å²) in [5.74, 6) is -0.942. The number of Topliss-reactive ketones (excluding diaryl/α,β-unsaturated/α-hetero) is 1. The molecule has 0 unspecified atom stereocenters. The Morgan fingerprint density at radius 1 is 1.47 bits per heavy atom. The monoisotopic (exact) mass is 228 g/mol. The van der Waals surface area contributed by atoms with Gasteiger partial charge in [-0.1, -0.05) is 6.08 Å². The number of hydrogen-bond acceptors (Lipinski definition) is 2. The topological polar surface area (TPSA) is 17.1 Å². The highest BCUT2D eigenvalue weighted by atomic mass is 32.2. The van der Waals surface area contributed by atoms with Crippen LogP contribution in [0.5, 0.6) is 0 Å². The zero-order valence-corrected chi connectivity index (χ0v) is 8.82. The second-order valence-electron chi connectivity index (χ2n) is 2.85. The highest BCUT2D eigenvalue weighted by molar-refractivity contribution is 8.00. The number of halogens is 2. The average molecular weight is 228 g/mol. The Kier molecular flexibility index (Phi) is 4.49. The van der Waals surface area contributed by atoms with Gasteiger partial charge in [0.15, 0.2) is 5.78 Å². The van der Waals surface area contributed by atoms with E-state index in [-0.39, 0.29) is 11.3 Å². The van der Waals surface area contributed by atoms with Crippen molar-refractivity contribution in [3.63, 3.8) is 0 Å². The average Bonchev–Trinajstić information content (AvgIpc) is 2.22. The van der Waals surface area contributed by atoms with E-state index in [1.807, 2.05) is 0 Å². The van der Waals surface area contributed by atoms with Crippen molar-refractivity contribution in [2.24, 2.45) is 0 Å². The molecule has 0 amide bonds. The van der Waals surface area contributed by atoms with Crippen LogP contribution in [0.2, 0.25) is 0 Å². The van der Waals surface area contributed by atoms with Crippen LogP contribution in [0.15, 0.2) is 30.9 Å². The van der Waals surface area contributed by atoms with Gasteiger partial charge in [0.05, 0.1) is 11.3 Å². The first kappa shape index (κ1) is 11.9. The van der Waals surface area contributed by atoms with Crippen LogP contribution in [0.3, 0.4) is 0 Å². The molecule has 0 aromatic heterocycles. The number of rotatable bonds is 5. The third-order valence-electron chi connectivity index (χ3n) is 1.70. The number of thioether (sulfide) groups is 1. The maximum Gasteiger partial charge on any atom is 0.175 e. The highest BCUT2D eigenvalue weighted by Gasteiger charge is 2.12. The number of benzene rings is 1. The second-order valence-corrected chi connectivity index (χ2v) is 3.88.